The summed E-state index contributed by atoms with van der Waals surface area (Å²) < 4.78 is 5.62. The molecule has 1 aliphatic rings. The third-order valence-corrected chi connectivity index (χ3v) is 2.87. The van der Waals surface area contributed by atoms with Crippen LogP contribution in [0.4, 0.5) is 0 Å². The Morgan fingerprint density at radius 3 is 2.86 bits per heavy atom. The molecule has 0 saturated carbocycles. The summed E-state index contributed by atoms with van der Waals surface area (Å²) in [5, 5.41) is 9.06. The molecule has 2 unspecified atom stereocenters. The molecule has 0 bridgehead atoms. The molecule has 84 valence electrons. The summed E-state index contributed by atoms with van der Waals surface area (Å²) in [6.45, 7) is 2.38. The van der Waals surface area contributed by atoms with Crippen molar-refractivity contribution in [1.82, 2.24) is 4.90 Å². The first-order valence-electron chi connectivity index (χ1n) is 5.40. The molecule has 0 aromatic heterocycles. The van der Waals surface area contributed by atoms with Crippen LogP contribution >= 0.6 is 0 Å². The second kappa shape index (κ2) is 6.35. The molecule has 0 radical (unpaired) electrons. The summed E-state index contributed by atoms with van der Waals surface area (Å²) in [6, 6.07) is 0.0699. The van der Waals surface area contributed by atoms with E-state index in [-0.39, 0.29) is 12.6 Å². The molecule has 0 amide bonds. The molecule has 0 aromatic carbocycles. The van der Waals surface area contributed by atoms with Crippen molar-refractivity contribution in [3.05, 3.63) is 0 Å². The predicted molar refractivity (Wildman–Crippen MR) is 56.1 cm³/mol. The van der Waals surface area contributed by atoms with Gasteiger partial charge in [-0.25, -0.2) is 0 Å². The van der Waals surface area contributed by atoms with Crippen LogP contribution < -0.4 is 5.73 Å². The van der Waals surface area contributed by atoms with Gasteiger partial charge in [0.05, 0.1) is 12.7 Å². The van der Waals surface area contributed by atoms with Gasteiger partial charge < -0.3 is 15.6 Å². The minimum Gasteiger partial charge on any atom is -0.395 e. The van der Waals surface area contributed by atoms with Crippen molar-refractivity contribution < 1.29 is 9.84 Å². The number of aliphatic hydroxyl groups excluding tert-OH is 1. The molecule has 0 aromatic rings. The van der Waals surface area contributed by atoms with E-state index in [1.165, 1.54) is 12.8 Å². The van der Waals surface area contributed by atoms with Crippen molar-refractivity contribution in [2.45, 2.75) is 31.4 Å². The van der Waals surface area contributed by atoms with E-state index in [2.05, 4.69) is 4.90 Å². The van der Waals surface area contributed by atoms with Crippen molar-refractivity contribution in [2.75, 3.05) is 33.4 Å². The van der Waals surface area contributed by atoms with Crippen LogP contribution in [-0.2, 0) is 4.74 Å². The first-order chi connectivity index (χ1) is 6.77. The van der Waals surface area contributed by atoms with Gasteiger partial charge in [0.2, 0.25) is 0 Å². The number of aliphatic hydroxyl groups is 1. The second-order valence-electron chi connectivity index (χ2n) is 4.00. The highest BCUT2D eigenvalue weighted by Crippen LogP contribution is 2.13. The van der Waals surface area contributed by atoms with Gasteiger partial charge in [0.15, 0.2) is 0 Å². The summed E-state index contributed by atoms with van der Waals surface area (Å²) in [4.78, 5) is 2.09. The zero-order chi connectivity index (χ0) is 10.4. The number of nitrogens with two attached hydrogens (primary N) is 1. The molecule has 1 heterocycles. The molecule has 4 nitrogen and oxygen atoms in total. The summed E-state index contributed by atoms with van der Waals surface area (Å²) in [6.07, 6.45) is 3.90. The van der Waals surface area contributed by atoms with Crippen LogP contribution in [0.5, 0.6) is 0 Å². The maximum Gasteiger partial charge on any atom is 0.0702 e. The minimum absolute atomic E-state index is 0.0699. The summed E-state index contributed by atoms with van der Waals surface area (Å²) in [7, 11) is 1.99. The zero-order valence-electron chi connectivity index (χ0n) is 8.98. The fourth-order valence-corrected chi connectivity index (χ4v) is 1.82. The van der Waals surface area contributed by atoms with Crippen molar-refractivity contribution in [3.8, 4) is 0 Å². The highest BCUT2D eigenvalue weighted by molar-refractivity contribution is 4.73. The minimum atomic E-state index is 0.0699. The van der Waals surface area contributed by atoms with E-state index in [9.17, 15) is 0 Å². The SMILES string of the molecule is CN(CC1CCCCO1)C(CN)CO. The predicted octanol–water partition coefficient (Wildman–Crippen LogP) is -0.193. The Morgan fingerprint density at radius 2 is 2.36 bits per heavy atom. The highest BCUT2D eigenvalue weighted by Gasteiger charge is 2.19. The van der Waals surface area contributed by atoms with Crippen molar-refractivity contribution in [1.29, 1.82) is 0 Å². The largest absolute Gasteiger partial charge is 0.395 e. The lowest BCUT2D eigenvalue weighted by Gasteiger charge is -2.31. The van der Waals surface area contributed by atoms with Gasteiger partial charge in [-0.05, 0) is 26.3 Å². The van der Waals surface area contributed by atoms with Crippen LogP contribution in [0.2, 0.25) is 0 Å². The van der Waals surface area contributed by atoms with Gasteiger partial charge in [-0.1, -0.05) is 0 Å². The number of likely N-dealkylation sites (N-methyl/N-ethyl adjacent to an activating group) is 1. The standard InChI is InChI=1S/C10H22N2O2/c1-12(9(6-11)8-13)7-10-4-2-3-5-14-10/h9-10,13H,2-8,11H2,1H3. The monoisotopic (exact) mass is 202 g/mol. The molecule has 14 heavy (non-hydrogen) atoms. The molecule has 2 atom stereocenters. The van der Waals surface area contributed by atoms with Crippen LogP contribution in [0, 0.1) is 0 Å². The van der Waals surface area contributed by atoms with Gasteiger partial charge in [-0.3, -0.25) is 4.90 Å². The van der Waals surface area contributed by atoms with E-state index < -0.39 is 0 Å². The lowest BCUT2D eigenvalue weighted by Crippen LogP contribution is -2.45. The molecule has 3 N–H and O–H groups in total. The van der Waals surface area contributed by atoms with Gasteiger partial charge in [0.1, 0.15) is 0 Å². The Hall–Kier alpha value is -0.160. The van der Waals surface area contributed by atoms with Gasteiger partial charge in [-0.15, -0.1) is 0 Å². The third kappa shape index (κ3) is 3.53. The number of hydrogen-bond acceptors (Lipinski definition) is 4. The number of ether oxygens (including phenoxy) is 1. The van der Waals surface area contributed by atoms with Gasteiger partial charge in [-0.2, -0.15) is 0 Å². The quantitative estimate of drug-likeness (QED) is 0.648. The Balaban J connectivity index is 2.26. The van der Waals surface area contributed by atoms with E-state index in [0.29, 0.717) is 12.6 Å². The maximum absolute atomic E-state index is 9.06. The Kier molecular flexibility index (Phi) is 5.40. The zero-order valence-corrected chi connectivity index (χ0v) is 8.98. The highest BCUT2D eigenvalue weighted by atomic mass is 16.5. The number of nitrogens with zero attached hydrogens (tertiary/aromatic N) is 1. The molecule has 1 rings (SSSR count). The van der Waals surface area contributed by atoms with Gasteiger partial charge in [0, 0.05) is 25.7 Å². The van der Waals surface area contributed by atoms with Crippen LogP contribution in [0.3, 0.4) is 0 Å². The maximum atomic E-state index is 9.06. The summed E-state index contributed by atoms with van der Waals surface area (Å²) in [5.41, 5.74) is 5.55. The molecular formula is C10H22N2O2. The fourth-order valence-electron chi connectivity index (χ4n) is 1.82. The molecular weight excluding hydrogens is 180 g/mol. The Morgan fingerprint density at radius 1 is 1.57 bits per heavy atom. The van der Waals surface area contributed by atoms with Crippen molar-refractivity contribution in [2.24, 2.45) is 5.73 Å². The van der Waals surface area contributed by atoms with E-state index >= 15 is 0 Å². The van der Waals surface area contributed by atoms with E-state index in [1.807, 2.05) is 7.05 Å². The Bertz CT molecular complexity index is 145. The van der Waals surface area contributed by atoms with Crippen LogP contribution in [0.25, 0.3) is 0 Å². The van der Waals surface area contributed by atoms with Crippen molar-refractivity contribution in [3.63, 3.8) is 0 Å². The molecule has 1 fully saturated rings. The number of rotatable bonds is 5. The lowest BCUT2D eigenvalue weighted by molar-refractivity contribution is -0.0117. The number of hydrogen-bond donors (Lipinski definition) is 2. The van der Waals surface area contributed by atoms with Gasteiger partial charge in [0.25, 0.3) is 0 Å². The first kappa shape index (κ1) is 11.9. The molecule has 1 aliphatic heterocycles. The molecule has 0 aliphatic carbocycles. The van der Waals surface area contributed by atoms with E-state index in [1.54, 1.807) is 0 Å². The van der Waals surface area contributed by atoms with Crippen molar-refractivity contribution >= 4 is 0 Å². The average molecular weight is 202 g/mol. The van der Waals surface area contributed by atoms with Gasteiger partial charge >= 0.3 is 0 Å². The van der Waals surface area contributed by atoms with E-state index in [0.717, 1.165) is 19.6 Å². The topological polar surface area (TPSA) is 58.7 Å². The van der Waals surface area contributed by atoms with Crippen LogP contribution in [0.1, 0.15) is 19.3 Å². The Labute approximate surface area is 86.0 Å². The second-order valence-corrected chi connectivity index (χ2v) is 4.00. The fraction of sp³-hybridized carbons (Fsp3) is 1.00. The smallest absolute Gasteiger partial charge is 0.0702 e. The first-order valence-corrected chi connectivity index (χ1v) is 5.40. The third-order valence-electron chi connectivity index (χ3n) is 2.87. The lowest BCUT2D eigenvalue weighted by atomic mass is 10.1. The average Bonchev–Trinajstić information content (AvgIpc) is 2.21. The molecule has 4 heteroatoms. The van der Waals surface area contributed by atoms with E-state index in [4.69, 9.17) is 15.6 Å². The van der Waals surface area contributed by atoms with Crippen LogP contribution in [0.15, 0.2) is 0 Å². The normalized spacial score (nSPS) is 25.3. The molecule has 0 spiro atoms. The summed E-state index contributed by atoms with van der Waals surface area (Å²) >= 11 is 0. The summed E-state index contributed by atoms with van der Waals surface area (Å²) in [5.74, 6) is 0. The van der Waals surface area contributed by atoms with Crippen LogP contribution in [-0.4, -0.2) is 55.5 Å². The molecule has 1 saturated heterocycles.